The predicted molar refractivity (Wildman–Crippen MR) is 99.2 cm³/mol. The van der Waals surface area contributed by atoms with Crippen molar-refractivity contribution in [2.45, 2.75) is 54.9 Å². The molecule has 1 rings (SSSR count). The van der Waals surface area contributed by atoms with Crippen molar-refractivity contribution in [3.63, 3.8) is 0 Å². The second-order valence-corrected chi connectivity index (χ2v) is 8.42. The monoisotopic (exact) mass is 335 g/mol. The number of amides is 1. The van der Waals surface area contributed by atoms with Gasteiger partial charge in [-0.25, -0.2) is 0 Å². The molecule has 1 aromatic rings. The highest BCUT2D eigenvalue weighted by molar-refractivity contribution is 5.94. The van der Waals surface area contributed by atoms with Crippen LogP contribution in [0.3, 0.4) is 0 Å². The Labute approximate surface area is 146 Å². The van der Waals surface area contributed by atoms with E-state index in [0.29, 0.717) is 18.0 Å². The molecule has 0 aliphatic rings. The number of para-hydroxylation sites is 2. The topological polar surface area (TPSA) is 47.6 Å². The molecule has 136 valence electrons. The van der Waals surface area contributed by atoms with E-state index in [1.807, 2.05) is 31.2 Å². The Kier molecular flexibility index (Phi) is 7.27. The van der Waals surface area contributed by atoms with Crippen molar-refractivity contribution < 1.29 is 14.3 Å². The van der Waals surface area contributed by atoms with E-state index in [2.05, 4.69) is 46.9 Å². The number of carbonyl (C=O) groups excluding carboxylic acids is 1. The fourth-order valence-corrected chi connectivity index (χ4v) is 2.51. The van der Waals surface area contributed by atoms with Gasteiger partial charge in [-0.15, -0.1) is 0 Å². The molecule has 0 saturated heterocycles. The summed E-state index contributed by atoms with van der Waals surface area (Å²) in [6.07, 6.45) is 0.824. The number of anilines is 1. The Morgan fingerprint density at radius 3 is 2.29 bits per heavy atom. The number of nitrogens with one attached hydrogen (secondary N) is 1. The van der Waals surface area contributed by atoms with E-state index in [9.17, 15) is 4.79 Å². The van der Waals surface area contributed by atoms with Gasteiger partial charge < -0.3 is 14.8 Å². The van der Waals surface area contributed by atoms with Gasteiger partial charge in [0.25, 0.3) is 0 Å². The summed E-state index contributed by atoms with van der Waals surface area (Å²) in [5, 5.41) is 3.05. The first-order chi connectivity index (χ1) is 11.0. The van der Waals surface area contributed by atoms with Crippen LogP contribution in [-0.2, 0) is 9.53 Å². The van der Waals surface area contributed by atoms with Crippen LogP contribution in [0, 0.1) is 16.7 Å². The van der Waals surface area contributed by atoms with Gasteiger partial charge in [-0.3, -0.25) is 4.79 Å². The van der Waals surface area contributed by atoms with Gasteiger partial charge in [0, 0.05) is 12.5 Å². The minimum atomic E-state index is -0.113. The largest absolute Gasteiger partial charge is 0.465 e. The molecule has 0 bridgehead atoms. The van der Waals surface area contributed by atoms with E-state index >= 15 is 0 Å². The smallest absolute Gasteiger partial charge is 0.228 e. The molecule has 4 nitrogen and oxygen atoms in total. The molecule has 1 amide bonds. The van der Waals surface area contributed by atoms with E-state index in [4.69, 9.17) is 9.47 Å². The van der Waals surface area contributed by atoms with Gasteiger partial charge in [0.15, 0.2) is 6.79 Å². The summed E-state index contributed by atoms with van der Waals surface area (Å²) in [7, 11) is 0. The average molecular weight is 335 g/mol. The third-order valence-corrected chi connectivity index (χ3v) is 3.83. The van der Waals surface area contributed by atoms with E-state index in [0.717, 1.165) is 6.42 Å². The third-order valence-electron chi connectivity index (χ3n) is 3.83. The molecule has 1 aromatic carbocycles. The quantitative estimate of drug-likeness (QED) is 0.557. The van der Waals surface area contributed by atoms with Crippen LogP contribution in [0.4, 0.5) is 5.69 Å². The standard InChI is InChI=1S/C20H33NO3/c1-8-23-14-24-17-12-10-9-11-16(17)21-18(22)15(20(5,6)7)13-19(2,3)4/h9-12,15H,8,13-14H2,1-7H3,(H,21,22). The van der Waals surface area contributed by atoms with Crippen molar-refractivity contribution >= 4 is 11.6 Å². The van der Waals surface area contributed by atoms with Crippen LogP contribution in [0.5, 0.6) is 5.75 Å². The van der Waals surface area contributed by atoms with Gasteiger partial charge in [0.1, 0.15) is 5.75 Å². The summed E-state index contributed by atoms with van der Waals surface area (Å²) < 4.78 is 10.8. The van der Waals surface area contributed by atoms with Crippen LogP contribution >= 0.6 is 0 Å². The molecule has 1 unspecified atom stereocenters. The summed E-state index contributed by atoms with van der Waals surface area (Å²) in [6.45, 7) is 15.5. The first-order valence-corrected chi connectivity index (χ1v) is 8.65. The fraction of sp³-hybridized carbons (Fsp3) is 0.650. The molecule has 0 spiro atoms. The number of ether oxygens (including phenoxy) is 2. The molecule has 0 aromatic heterocycles. The highest BCUT2D eigenvalue weighted by Crippen LogP contribution is 2.37. The molecule has 24 heavy (non-hydrogen) atoms. The zero-order valence-electron chi connectivity index (χ0n) is 16.2. The van der Waals surface area contributed by atoms with Gasteiger partial charge >= 0.3 is 0 Å². The van der Waals surface area contributed by atoms with Gasteiger partial charge in [-0.1, -0.05) is 53.7 Å². The van der Waals surface area contributed by atoms with Crippen LogP contribution < -0.4 is 10.1 Å². The van der Waals surface area contributed by atoms with Crippen molar-refractivity contribution in [3.05, 3.63) is 24.3 Å². The molecule has 1 N–H and O–H groups in total. The highest BCUT2D eigenvalue weighted by atomic mass is 16.7. The van der Waals surface area contributed by atoms with Gasteiger partial charge in [-0.2, -0.15) is 0 Å². The van der Waals surface area contributed by atoms with Crippen molar-refractivity contribution in [2.24, 2.45) is 16.7 Å². The maximum Gasteiger partial charge on any atom is 0.228 e. The molecular weight excluding hydrogens is 302 g/mol. The lowest BCUT2D eigenvalue weighted by molar-refractivity contribution is -0.124. The first-order valence-electron chi connectivity index (χ1n) is 8.65. The Bertz CT molecular complexity index is 526. The van der Waals surface area contributed by atoms with Gasteiger partial charge in [0.05, 0.1) is 5.69 Å². The lowest BCUT2D eigenvalue weighted by Gasteiger charge is -2.34. The molecule has 4 heteroatoms. The lowest BCUT2D eigenvalue weighted by atomic mass is 9.71. The van der Waals surface area contributed by atoms with E-state index in [1.165, 1.54) is 0 Å². The minimum absolute atomic E-state index is 0.0323. The van der Waals surface area contributed by atoms with Gasteiger partial charge in [0.2, 0.25) is 5.91 Å². The van der Waals surface area contributed by atoms with Crippen molar-refractivity contribution in [1.82, 2.24) is 0 Å². The SMILES string of the molecule is CCOCOc1ccccc1NC(=O)C(CC(C)(C)C)C(C)(C)C. The van der Waals surface area contributed by atoms with E-state index in [1.54, 1.807) is 0 Å². The van der Waals surface area contributed by atoms with Crippen molar-refractivity contribution in [2.75, 3.05) is 18.7 Å². The molecule has 0 saturated carbocycles. The first kappa shape index (κ1) is 20.5. The number of carbonyl (C=O) groups is 1. The average Bonchev–Trinajstić information content (AvgIpc) is 2.45. The Hall–Kier alpha value is -1.55. The van der Waals surface area contributed by atoms with Crippen molar-refractivity contribution in [1.29, 1.82) is 0 Å². The van der Waals surface area contributed by atoms with Crippen LogP contribution in [0.2, 0.25) is 0 Å². The number of hydrogen-bond acceptors (Lipinski definition) is 3. The molecule has 0 heterocycles. The number of hydrogen-bond donors (Lipinski definition) is 1. The highest BCUT2D eigenvalue weighted by Gasteiger charge is 2.34. The zero-order valence-corrected chi connectivity index (χ0v) is 16.2. The number of benzene rings is 1. The zero-order chi connectivity index (χ0) is 18.4. The fourth-order valence-electron chi connectivity index (χ4n) is 2.51. The lowest BCUT2D eigenvalue weighted by Crippen LogP contribution is -2.36. The van der Waals surface area contributed by atoms with Crippen LogP contribution in [0.15, 0.2) is 24.3 Å². The normalized spacial score (nSPS) is 13.5. The van der Waals surface area contributed by atoms with Crippen molar-refractivity contribution in [3.8, 4) is 5.75 Å². The molecular formula is C20H33NO3. The summed E-state index contributed by atoms with van der Waals surface area (Å²) in [6, 6.07) is 7.47. The second kappa shape index (κ2) is 8.52. The molecule has 0 aliphatic carbocycles. The maximum atomic E-state index is 12.9. The van der Waals surface area contributed by atoms with Crippen LogP contribution in [0.1, 0.15) is 54.9 Å². The Morgan fingerprint density at radius 1 is 1.12 bits per heavy atom. The maximum absolute atomic E-state index is 12.9. The summed E-state index contributed by atoms with van der Waals surface area (Å²) in [4.78, 5) is 12.9. The Morgan fingerprint density at radius 2 is 1.75 bits per heavy atom. The van der Waals surface area contributed by atoms with Crippen LogP contribution in [0.25, 0.3) is 0 Å². The second-order valence-electron chi connectivity index (χ2n) is 8.42. The molecule has 0 fully saturated rings. The van der Waals surface area contributed by atoms with E-state index < -0.39 is 0 Å². The van der Waals surface area contributed by atoms with E-state index in [-0.39, 0.29) is 29.4 Å². The number of rotatable bonds is 7. The predicted octanol–water partition coefficient (Wildman–Crippen LogP) is 5.10. The minimum Gasteiger partial charge on any atom is -0.465 e. The molecule has 1 atom stereocenters. The summed E-state index contributed by atoms with van der Waals surface area (Å²) >= 11 is 0. The summed E-state index contributed by atoms with van der Waals surface area (Å²) in [5.74, 6) is 0.574. The molecule has 0 radical (unpaired) electrons. The Balaban J connectivity index is 2.91. The third kappa shape index (κ3) is 6.91. The van der Waals surface area contributed by atoms with Gasteiger partial charge in [-0.05, 0) is 36.3 Å². The summed E-state index contributed by atoms with van der Waals surface area (Å²) in [5.41, 5.74) is 0.657. The molecule has 0 aliphatic heterocycles. The van der Waals surface area contributed by atoms with Crippen LogP contribution in [-0.4, -0.2) is 19.3 Å².